The van der Waals surface area contributed by atoms with Crippen LogP contribution in [-0.2, 0) is 0 Å². The van der Waals surface area contributed by atoms with E-state index in [1.165, 1.54) is 89.9 Å². The molecule has 1 aliphatic rings. The molecule has 1 fully saturated rings. The van der Waals surface area contributed by atoms with Gasteiger partial charge in [0, 0.05) is 6.04 Å². The van der Waals surface area contributed by atoms with Crippen LogP contribution >= 0.6 is 0 Å². The molecule has 0 bridgehead atoms. The van der Waals surface area contributed by atoms with Crippen molar-refractivity contribution in [1.82, 2.24) is 0 Å². The standard InChI is InChI=1S/C26H51N/c1-6-10-13-25(20-22(11-7-2)12-8-3)21(5)14-15-23(9-4)24-16-18-26(27)19-17-24/h9,21-22,24-26H,6-8,10-20,27H2,1-5H3/b23-9+. The second kappa shape index (κ2) is 14.7. The summed E-state index contributed by atoms with van der Waals surface area (Å²) < 4.78 is 0. The van der Waals surface area contributed by atoms with E-state index < -0.39 is 0 Å². The highest BCUT2D eigenvalue weighted by Gasteiger charge is 2.24. The Bertz CT molecular complexity index is 372. The van der Waals surface area contributed by atoms with Gasteiger partial charge in [-0.15, -0.1) is 0 Å². The van der Waals surface area contributed by atoms with E-state index in [-0.39, 0.29) is 0 Å². The molecule has 2 atom stereocenters. The zero-order valence-corrected chi connectivity index (χ0v) is 19.4. The van der Waals surface area contributed by atoms with Crippen molar-refractivity contribution in [2.75, 3.05) is 0 Å². The minimum absolute atomic E-state index is 0.464. The van der Waals surface area contributed by atoms with Gasteiger partial charge in [0.05, 0.1) is 0 Å². The van der Waals surface area contributed by atoms with Gasteiger partial charge in [0.1, 0.15) is 0 Å². The first-order valence-electron chi connectivity index (χ1n) is 12.5. The van der Waals surface area contributed by atoms with E-state index in [0.29, 0.717) is 6.04 Å². The van der Waals surface area contributed by atoms with Gasteiger partial charge in [0.15, 0.2) is 0 Å². The molecule has 1 aliphatic carbocycles. The van der Waals surface area contributed by atoms with Crippen LogP contribution in [0.25, 0.3) is 0 Å². The van der Waals surface area contributed by atoms with Gasteiger partial charge >= 0.3 is 0 Å². The van der Waals surface area contributed by atoms with Crippen molar-refractivity contribution in [2.24, 2.45) is 29.4 Å². The largest absolute Gasteiger partial charge is 0.328 e. The van der Waals surface area contributed by atoms with Crippen LogP contribution in [0.15, 0.2) is 11.6 Å². The minimum atomic E-state index is 0.464. The number of hydrogen-bond acceptors (Lipinski definition) is 1. The SMILES string of the molecule is C/C=C(\CCC(C)C(CCCC)CC(CCC)CCC)C1CCC(N)CC1. The number of allylic oxidation sites excluding steroid dienone is 2. The molecule has 1 heteroatoms. The molecular formula is C26H51N. The third-order valence-corrected chi connectivity index (χ3v) is 7.32. The fourth-order valence-corrected chi connectivity index (χ4v) is 5.43. The molecule has 0 aromatic rings. The number of hydrogen-bond donors (Lipinski definition) is 1. The van der Waals surface area contributed by atoms with Crippen molar-refractivity contribution in [2.45, 2.75) is 131 Å². The van der Waals surface area contributed by atoms with Gasteiger partial charge in [-0.25, -0.2) is 0 Å². The Kier molecular flexibility index (Phi) is 13.4. The van der Waals surface area contributed by atoms with Gasteiger partial charge in [-0.1, -0.05) is 84.3 Å². The quantitative estimate of drug-likeness (QED) is 0.303. The van der Waals surface area contributed by atoms with E-state index in [9.17, 15) is 0 Å². The van der Waals surface area contributed by atoms with Gasteiger partial charge < -0.3 is 5.73 Å². The molecule has 27 heavy (non-hydrogen) atoms. The summed E-state index contributed by atoms with van der Waals surface area (Å²) in [6, 6.07) is 0.464. The summed E-state index contributed by atoms with van der Waals surface area (Å²) in [6.07, 6.45) is 21.5. The van der Waals surface area contributed by atoms with Gasteiger partial charge in [-0.2, -0.15) is 0 Å². The van der Waals surface area contributed by atoms with E-state index in [1.807, 2.05) is 0 Å². The maximum absolute atomic E-state index is 6.12. The second-order valence-corrected chi connectivity index (χ2v) is 9.57. The molecule has 0 amide bonds. The molecule has 1 rings (SSSR count). The van der Waals surface area contributed by atoms with Crippen molar-refractivity contribution >= 4 is 0 Å². The number of rotatable bonds is 14. The van der Waals surface area contributed by atoms with E-state index in [4.69, 9.17) is 5.73 Å². The Morgan fingerprint density at radius 1 is 0.926 bits per heavy atom. The average molecular weight is 378 g/mol. The van der Waals surface area contributed by atoms with Gasteiger partial charge in [0.25, 0.3) is 0 Å². The molecule has 0 heterocycles. The molecule has 0 aliphatic heterocycles. The summed E-state index contributed by atoms with van der Waals surface area (Å²) in [5, 5.41) is 0. The third-order valence-electron chi connectivity index (χ3n) is 7.32. The highest BCUT2D eigenvalue weighted by atomic mass is 14.6. The lowest BCUT2D eigenvalue weighted by molar-refractivity contribution is 0.232. The zero-order chi connectivity index (χ0) is 20.1. The molecule has 2 unspecified atom stereocenters. The van der Waals surface area contributed by atoms with Crippen molar-refractivity contribution in [3.8, 4) is 0 Å². The van der Waals surface area contributed by atoms with Crippen molar-refractivity contribution in [3.63, 3.8) is 0 Å². The summed E-state index contributed by atoms with van der Waals surface area (Å²) in [5.41, 5.74) is 7.86. The highest BCUT2D eigenvalue weighted by molar-refractivity contribution is 5.07. The second-order valence-electron chi connectivity index (χ2n) is 9.57. The Labute approximate surface area is 172 Å². The van der Waals surface area contributed by atoms with E-state index in [0.717, 1.165) is 23.7 Å². The van der Waals surface area contributed by atoms with Crippen LogP contribution in [0.1, 0.15) is 125 Å². The van der Waals surface area contributed by atoms with Crippen LogP contribution in [0, 0.1) is 23.7 Å². The summed E-state index contributed by atoms with van der Waals surface area (Å²) >= 11 is 0. The topological polar surface area (TPSA) is 26.0 Å². The molecule has 1 nitrogen and oxygen atoms in total. The first kappa shape index (κ1) is 24.7. The molecule has 0 aromatic heterocycles. The van der Waals surface area contributed by atoms with Crippen LogP contribution in [0.3, 0.4) is 0 Å². The summed E-state index contributed by atoms with van der Waals surface area (Å²) in [7, 11) is 0. The van der Waals surface area contributed by atoms with Gasteiger partial charge in [0.2, 0.25) is 0 Å². The van der Waals surface area contributed by atoms with Crippen molar-refractivity contribution in [3.05, 3.63) is 11.6 Å². The zero-order valence-electron chi connectivity index (χ0n) is 19.4. The van der Waals surface area contributed by atoms with E-state index >= 15 is 0 Å². The molecule has 0 spiro atoms. The Morgan fingerprint density at radius 2 is 1.56 bits per heavy atom. The predicted octanol–water partition coefficient (Wildman–Crippen LogP) is 8.28. The Morgan fingerprint density at radius 3 is 2.07 bits per heavy atom. The first-order valence-corrected chi connectivity index (χ1v) is 12.5. The van der Waals surface area contributed by atoms with Gasteiger partial charge in [-0.3, -0.25) is 0 Å². The van der Waals surface area contributed by atoms with Gasteiger partial charge in [-0.05, 0) is 75.5 Å². The molecule has 160 valence electrons. The molecule has 0 saturated heterocycles. The fraction of sp³-hybridized carbons (Fsp3) is 0.923. The predicted molar refractivity (Wildman–Crippen MR) is 123 cm³/mol. The van der Waals surface area contributed by atoms with Crippen molar-refractivity contribution in [1.29, 1.82) is 0 Å². The van der Waals surface area contributed by atoms with Crippen LogP contribution in [0.4, 0.5) is 0 Å². The smallest absolute Gasteiger partial charge is 0.00392 e. The first-order chi connectivity index (χ1) is 13.0. The van der Waals surface area contributed by atoms with E-state index in [2.05, 4.69) is 40.7 Å². The third kappa shape index (κ3) is 9.64. The fourth-order valence-electron chi connectivity index (χ4n) is 5.43. The average Bonchev–Trinajstić information content (AvgIpc) is 2.67. The lowest BCUT2D eigenvalue weighted by Crippen LogP contribution is -2.27. The maximum atomic E-state index is 6.12. The number of nitrogens with two attached hydrogens (primary N) is 1. The summed E-state index contributed by atoms with van der Waals surface area (Å²) in [6.45, 7) is 11.9. The van der Waals surface area contributed by atoms with Crippen LogP contribution in [0.5, 0.6) is 0 Å². The Hall–Kier alpha value is -0.300. The highest BCUT2D eigenvalue weighted by Crippen LogP contribution is 2.36. The van der Waals surface area contributed by atoms with Crippen LogP contribution < -0.4 is 5.73 Å². The van der Waals surface area contributed by atoms with Crippen LogP contribution in [0.2, 0.25) is 0 Å². The molecular weight excluding hydrogens is 326 g/mol. The van der Waals surface area contributed by atoms with E-state index in [1.54, 1.807) is 5.57 Å². The maximum Gasteiger partial charge on any atom is 0.00392 e. The Balaban J connectivity index is 2.58. The molecule has 0 radical (unpaired) electrons. The molecule has 2 N–H and O–H groups in total. The lowest BCUT2D eigenvalue weighted by atomic mass is 9.75. The summed E-state index contributed by atoms with van der Waals surface area (Å²) in [5.74, 6) is 3.59. The molecule has 0 aromatic carbocycles. The van der Waals surface area contributed by atoms with Crippen molar-refractivity contribution < 1.29 is 0 Å². The summed E-state index contributed by atoms with van der Waals surface area (Å²) in [4.78, 5) is 0. The minimum Gasteiger partial charge on any atom is -0.328 e. The monoisotopic (exact) mass is 377 g/mol. The normalized spacial score (nSPS) is 23.6. The van der Waals surface area contributed by atoms with Crippen LogP contribution in [-0.4, -0.2) is 6.04 Å². The lowest BCUT2D eigenvalue weighted by Gasteiger charge is -2.31. The molecule has 1 saturated carbocycles. The number of unbranched alkanes of at least 4 members (excludes halogenated alkanes) is 1.